The van der Waals surface area contributed by atoms with Crippen molar-refractivity contribution in [2.24, 2.45) is 0 Å². The van der Waals surface area contributed by atoms with Crippen LogP contribution in [0.15, 0.2) is 66.7 Å². The first-order chi connectivity index (χ1) is 9.74. The summed E-state index contributed by atoms with van der Waals surface area (Å²) in [6.45, 7) is 0.234. The Balaban J connectivity index is 1.88. The number of carbonyl (C=O) groups is 1. The van der Waals surface area contributed by atoms with Gasteiger partial charge in [-0.3, -0.25) is 0 Å². The summed E-state index contributed by atoms with van der Waals surface area (Å²) in [4.78, 5) is 10.3. The van der Waals surface area contributed by atoms with Gasteiger partial charge in [-0.05, 0) is 42.5 Å². The van der Waals surface area contributed by atoms with Gasteiger partial charge in [-0.1, -0.05) is 18.2 Å². The number of anilines is 2. The summed E-state index contributed by atoms with van der Waals surface area (Å²) in [5.41, 5.74) is 1.98. The van der Waals surface area contributed by atoms with E-state index in [1.807, 2.05) is 54.6 Å². The standard InChI is InChI=1S/C16H15NO3/c18-16(19)7-4-12-20-15-10-8-14(9-11-15)17-13-5-2-1-3-6-13/h1-11,17H,12H2,(H,18,19). The number of carboxylic acid groups (broad SMARTS) is 1. The minimum Gasteiger partial charge on any atom is -0.490 e. The maximum atomic E-state index is 10.3. The summed E-state index contributed by atoms with van der Waals surface area (Å²) >= 11 is 0. The minimum atomic E-state index is -0.976. The largest absolute Gasteiger partial charge is 0.490 e. The lowest BCUT2D eigenvalue weighted by Crippen LogP contribution is -1.96. The number of aliphatic carboxylic acids is 1. The van der Waals surface area contributed by atoms with Crippen LogP contribution in [0.3, 0.4) is 0 Å². The molecule has 0 aliphatic heterocycles. The molecule has 0 saturated heterocycles. The molecule has 0 bridgehead atoms. The molecule has 0 fully saturated rings. The van der Waals surface area contributed by atoms with Gasteiger partial charge in [0.2, 0.25) is 0 Å². The number of rotatable bonds is 6. The topological polar surface area (TPSA) is 58.6 Å². The molecule has 2 rings (SSSR count). The molecular weight excluding hydrogens is 254 g/mol. The molecule has 0 aliphatic carbocycles. The van der Waals surface area contributed by atoms with Crippen molar-refractivity contribution in [2.45, 2.75) is 0 Å². The molecule has 2 aromatic carbocycles. The Kier molecular flexibility index (Phi) is 4.78. The maximum Gasteiger partial charge on any atom is 0.328 e. The minimum absolute atomic E-state index is 0.234. The van der Waals surface area contributed by atoms with E-state index in [1.165, 1.54) is 6.08 Å². The van der Waals surface area contributed by atoms with E-state index in [-0.39, 0.29) is 6.61 Å². The second-order valence-electron chi connectivity index (χ2n) is 4.07. The first-order valence-corrected chi connectivity index (χ1v) is 6.18. The molecule has 0 aliphatic rings. The number of hydrogen-bond acceptors (Lipinski definition) is 3. The smallest absolute Gasteiger partial charge is 0.328 e. The van der Waals surface area contributed by atoms with Crippen LogP contribution in [-0.4, -0.2) is 17.7 Å². The van der Waals surface area contributed by atoms with Crippen LogP contribution in [0.1, 0.15) is 0 Å². The monoisotopic (exact) mass is 269 g/mol. The van der Waals surface area contributed by atoms with Crippen LogP contribution < -0.4 is 10.1 Å². The van der Waals surface area contributed by atoms with Crippen molar-refractivity contribution in [2.75, 3.05) is 11.9 Å². The van der Waals surface area contributed by atoms with Gasteiger partial charge in [0, 0.05) is 17.5 Å². The molecule has 0 amide bonds. The van der Waals surface area contributed by atoms with E-state index >= 15 is 0 Å². The number of carboxylic acids is 1. The molecule has 0 heterocycles. The van der Waals surface area contributed by atoms with E-state index in [9.17, 15) is 4.79 Å². The van der Waals surface area contributed by atoms with Crippen molar-refractivity contribution in [3.8, 4) is 5.75 Å². The van der Waals surface area contributed by atoms with Gasteiger partial charge >= 0.3 is 5.97 Å². The lowest BCUT2D eigenvalue weighted by Gasteiger charge is -2.07. The fraction of sp³-hybridized carbons (Fsp3) is 0.0625. The van der Waals surface area contributed by atoms with Crippen molar-refractivity contribution in [1.29, 1.82) is 0 Å². The van der Waals surface area contributed by atoms with Gasteiger partial charge in [0.1, 0.15) is 12.4 Å². The molecule has 0 unspecified atom stereocenters. The third-order valence-electron chi connectivity index (χ3n) is 2.52. The van der Waals surface area contributed by atoms with E-state index in [4.69, 9.17) is 9.84 Å². The zero-order chi connectivity index (χ0) is 14.2. The molecule has 20 heavy (non-hydrogen) atoms. The zero-order valence-corrected chi connectivity index (χ0v) is 10.8. The Bertz CT molecular complexity index is 576. The van der Waals surface area contributed by atoms with Crippen molar-refractivity contribution >= 4 is 17.3 Å². The highest BCUT2D eigenvalue weighted by Crippen LogP contribution is 2.19. The Hall–Kier alpha value is -2.75. The number of benzene rings is 2. The second-order valence-corrected chi connectivity index (χ2v) is 4.07. The number of nitrogens with one attached hydrogen (secondary N) is 1. The predicted octanol–water partition coefficient (Wildman–Crippen LogP) is 3.45. The molecule has 0 radical (unpaired) electrons. The normalized spacial score (nSPS) is 10.4. The quantitative estimate of drug-likeness (QED) is 0.788. The summed E-state index contributed by atoms with van der Waals surface area (Å²) in [5, 5.41) is 11.7. The summed E-state index contributed by atoms with van der Waals surface area (Å²) in [7, 11) is 0. The SMILES string of the molecule is O=C(O)C=CCOc1ccc(Nc2ccccc2)cc1. The Morgan fingerprint density at radius 3 is 2.35 bits per heavy atom. The summed E-state index contributed by atoms with van der Waals surface area (Å²) < 4.78 is 5.38. The van der Waals surface area contributed by atoms with Crippen LogP contribution in [0.4, 0.5) is 11.4 Å². The second kappa shape index (κ2) is 6.99. The predicted molar refractivity (Wildman–Crippen MR) is 78.4 cm³/mol. The third-order valence-corrected chi connectivity index (χ3v) is 2.52. The Morgan fingerprint density at radius 1 is 1.05 bits per heavy atom. The van der Waals surface area contributed by atoms with E-state index in [0.29, 0.717) is 5.75 Å². The third kappa shape index (κ3) is 4.49. The molecule has 2 aromatic rings. The molecule has 0 atom stereocenters. The Morgan fingerprint density at radius 2 is 1.70 bits per heavy atom. The molecule has 0 spiro atoms. The lowest BCUT2D eigenvalue weighted by molar-refractivity contribution is -0.131. The molecule has 4 nitrogen and oxygen atoms in total. The molecule has 2 N–H and O–H groups in total. The molecule has 4 heteroatoms. The van der Waals surface area contributed by atoms with E-state index in [0.717, 1.165) is 17.5 Å². The van der Waals surface area contributed by atoms with Gasteiger partial charge in [0.25, 0.3) is 0 Å². The van der Waals surface area contributed by atoms with Crippen molar-refractivity contribution in [3.63, 3.8) is 0 Å². The molecule has 102 valence electrons. The number of ether oxygens (including phenoxy) is 1. The lowest BCUT2D eigenvalue weighted by atomic mass is 10.2. The number of para-hydroxylation sites is 1. The van der Waals surface area contributed by atoms with Crippen molar-refractivity contribution in [1.82, 2.24) is 0 Å². The molecule has 0 aromatic heterocycles. The summed E-state index contributed by atoms with van der Waals surface area (Å²) in [6.07, 6.45) is 2.52. The van der Waals surface area contributed by atoms with E-state index in [2.05, 4.69) is 5.32 Å². The van der Waals surface area contributed by atoms with Gasteiger partial charge in [-0.25, -0.2) is 4.79 Å². The average molecular weight is 269 g/mol. The first kappa shape index (κ1) is 13.7. The van der Waals surface area contributed by atoms with Gasteiger partial charge < -0.3 is 15.2 Å². The number of hydrogen-bond donors (Lipinski definition) is 2. The van der Waals surface area contributed by atoms with Crippen molar-refractivity contribution < 1.29 is 14.6 Å². The van der Waals surface area contributed by atoms with Crippen LogP contribution in [0, 0.1) is 0 Å². The Labute approximate surface area is 117 Å². The van der Waals surface area contributed by atoms with Gasteiger partial charge in [0.15, 0.2) is 0 Å². The van der Waals surface area contributed by atoms with Gasteiger partial charge in [-0.15, -0.1) is 0 Å². The van der Waals surface area contributed by atoms with Crippen LogP contribution in [0.2, 0.25) is 0 Å². The van der Waals surface area contributed by atoms with Crippen LogP contribution >= 0.6 is 0 Å². The zero-order valence-electron chi connectivity index (χ0n) is 10.8. The summed E-state index contributed by atoms with van der Waals surface area (Å²) in [6, 6.07) is 17.4. The fourth-order valence-corrected chi connectivity index (χ4v) is 1.62. The fourth-order valence-electron chi connectivity index (χ4n) is 1.62. The van der Waals surface area contributed by atoms with Gasteiger partial charge in [-0.2, -0.15) is 0 Å². The van der Waals surface area contributed by atoms with E-state index < -0.39 is 5.97 Å². The van der Waals surface area contributed by atoms with E-state index in [1.54, 1.807) is 0 Å². The van der Waals surface area contributed by atoms with Crippen molar-refractivity contribution in [3.05, 3.63) is 66.7 Å². The highest BCUT2D eigenvalue weighted by Gasteiger charge is 1.96. The van der Waals surface area contributed by atoms with Crippen LogP contribution in [-0.2, 0) is 4.79 Å². The average Bonchev–Trinajstić information content (AvgIpc) is 2.46. The maximum absolute atomic E-state index is 10.3. The molecule has 0 saturated carbocycles. The van der Waals surface area contributed by atoms with Gasteiger partial charge in [0.05, 0.1) is 0 Å². The summed E-state index contributed by atoms with van der Waals surface area (Å²) in [5.74, 6) is -0.283. The van der Waals surface area contributed by atoms with Crippen LogP contribution in [0.25, 0.3) is 0 Å². The highest BCUT2D eigenvalue weighted by atomic mass is 16.5. The molecular formula is C16H15NO3. The highest BCUT2D eigenvalue weighted by molar-refractivity contribution is 5.79. The van der Waals surface area contributed by atoms with Crippen LogP contribution in [0.5, 0.6) is 5.75 Å². The first-order valence-electron chi connectivity index (χ1n) is 6.18.